The van der Waals surface area contributed by atoms with E-state index < -0.39 is 10.0 Å². The predicted octanol–water partition coefficient (Wildman–Crippen LogP) is 3.19. The SMILES string of the molecule is Cc1ccccc1C(=O)Nc1ccc(N(C2CCOCC2)S(C)(=O)=O)cc1. The second-order valence-electron chi connectivity index (χ2n) is 6.72. The summed E-state index contributed by atoms with van der Waals surface area (Å²) in [4.78, 5) is 12.4. The van der Waals surface area contributed by atoms with Gasteiger partial charge in [0.25, 0.3) is 5.91 Å². The Morgan fingerprint density at radius 2 is 1.70 bits per heavy atom. The summed E-state index contributed by atoms with van der Waals surface area (Å²) in [6.45, 7) is 3.00. The fourth-order valence-electron chi connectivity index (χ4n) is 3.31. The van der Waals surface area contributed by atoms with Crippen LogP contribution in [0.3, 0.4) is 0 Å². The first kappa shape index (κ1) is 19.4. The van der Waals surface area contributed by atoms with Gasteiger partial charge < -0.3 is 10.1 Å². The van der Waals surface area contributed by atoms with Crippen molar-refractivity contribution in [1.82, 2.24) is 0 Å². The number of carbonyl (C=O) groups is 1. The molecule has 3 rings (SSSR count). The lowest BCUT2D eigenvalue weighted by atomic mass is 10.1. The number of benzene rings is 2. The third-order valence-electron chi connectivity index (χ3n) is 4.65. The van der Waals surface area contributed by atoms with E-state index in [1.165, 1.54) is 10.6 Å². The van der Waals surface area contributed by atoms with Gasteiger partial charge in [0.1, 0.15) is 0 Å². The molecular formula is C20H24N2O4S. The second-order valence-corrected chi connectivity index (χ2v) is 8.58. The molecule has 0 aliphatic carbocycles. The molecule has 7 heteroatoms. The standard InChI is InChI=1S/C20H24N2O4S/c1-15-5-3-4-6-19(15)20(23)21-16-7-9-17(10-8-16)22(27(2,24)25)18-11-13-26-14-12-18/h3-10,18H,11-14H2,1-2H3,(H,21,23). The number of nitrogens with zero attached hydrogens (tertiary/aromatic N) is 1. The first-order valence-electron chi connectivity index (χ1n) is 8.90. The average Bonchev–Trinajstić information content (AvgIpc) is 2.63. The van der Waals surface area contributed by atoms with Crippen LogP contribution in [0.1, 0.15) is 28.8 Å². The van der Waals surface area contributed by atoms with Gasteiger partial charge in [-0.1, -0.05) is 18.2 Å². The lowest BCUT2D eigenvalue weighted by Crippen LogP contribution is -2.43. The van der Waals surface area contributed by atoms with Crippen LogP contribution < -0.4 is 9.62 Å². The number of carbonyl (C=O) groups excluding carboxylic acids is 1. The highest BCUT2D eigenvalue weighted by Gasteiger charge is 2.28. The van der Waals surface area contributed by atoms with E-state index in [0.29, 0.717) is 43.0 Å². The average molecular weight is 388 g/mol. The zero-order chi connectivity index (χ0) is 19.4. The molecule has 0 aromatic heterocycles. The third kappa shape index (κ3) is 4.67. The van der Waals surface area contributed by atoms with Crippen LogP contribution in [0.15, 0.2) is 48.5 Å². The van der Waals surface area contributed by atoms with Crippen LogP contribution in [-0.2, 0) is 14.8 Å². The Bertz CT molecular complexity index is 904. The van der Waals surface area contributed by atoms with E-state index >= 15 is 0 Å². The van der Waals surface area contributed by atoms with Gasteiger partial charge in [-0.15, -0.1) is 0 Å². The van der Waals surface area contributed by atoms with E-state index in [4.69, 9.17) is 4.74 Å². The Morgan fingerprint density at radius 1 is 1.07 bits per heavy atom. The molecule has 2 aromatic carbocycles. The highest BCUT2D eigenvalue weighted by molar-refractivity contribution is 7.92. The molecule has 0 bridgehead atoms. The summed E-state index contributed by atoms with van der Waals surface area (Å²) >= 11 is 0. The first-order valence-corrected chi connectivity index (χ1v) is 10.8. The molecule has 0 saturated carbocycles. The molecular weight excluding hydrogens is 364 g/mol. The van der Waals surface area contributed by atoms with Crippen LogP contribution >= 0.6 is 0 Å². The van der Waals surface area contributed by atoms with Crippen LogP contribution in [-0.4, -0.2) is 39.8 Å². The van der Waals surface area contributed by atoms with E-state index in [1.807, 2.05) is 25.1 Å². The Morgan fingerprint density at radius 3 is 2.30 bits per heavy atom. The van der Waals surface area contributed by atoms with Gasteiger partial charge in [-0.05, 0) is 55.7 Å². The predicted molar refractivity (Wildman–Crippen MR) is 107 cm³/mol. The number of amides is 1. The molecule has 1 aliphatic heterocycles. The van der Waals surface area contributed by atoms with Crippen LogP contribution in [0.5, 0.6) is 0 Å². The van der Waals surface area contributed by atoms with Gasteiger partial charge in [-0.2, -0.15) is 0 Å². The lowest BCUT2D eigenvalue weighted by molar-refractivity contribution is 0.0875. The molecule has 1 heterocycles. The van der Waals surface area contributed by atoms with E-state index in [9.17, 15) is 13.2 Å². The summed E-state index contributed by atoms with van der Waals surface area (Å²) < 4.78 is 31.5. The molecule has 144 valence electrons. The van der Waals surface area contributed by atoms with E-state index in [-0.39, 0.29) is 11.9 Å². The number of aryl methyl sites for hydroxylation is 1. The van der Waals surface area contributed by atoms with Crippen molar-refractivity contribution >= 4 is 27.3 Å². The maximum absolute atomic E-state index is 12.4. The fourth-order valence-corrected chi connectivity index (χ4v) is 4.57. The summed E-state index contributed by atoms with van der Waals surface area (Å²) in [7, 11) is -3.41. The molecule has 1 fully saturated rings. The van der Waals surface area contributed by atoms with Gasteiger partial charge >= 0.3 is 0 Å². The molecule has 1 amide bonds. The summed E-state index contributed by atoms with van der Waals surface area (Å²) in [5, 5.41) is 2.86. The zero-order valence-electron chi connectivity index (χ0n) is 15.5. The van der Waals surface area contributed by atoms with Gasteiger partial charge in [-0.25, -0.2) is 8.42 Å². The molecule has 1 saturated heterocycles. The number of hydrogen-bond acceptors (Lipinski definition) is 4. The van der Waals surface area contributed by atoms with Crippen molar-refractivity contribution in [2.75, 3.05) is 29.1 Å². The lowest BCUT2D eigenvalue weighted by Gasteiger charge is -2.34. The van der Waals surface area contributed by atoms with Gasteiger partial charge in [0.05, 0.1) is 11.9 Å². The number of ether oxygens (including phenoxy) is 1. The van der Waals surface area contributed by atoms with Crippen LogP contribution in [0.25, 0.3) is 0 Å². The fraction of sp³-hybridized carbons (Fsp3) is 0.350. The topological polar surface area (TPSA) is 75.7 Å². The number of nitrogens with one attached hydrogen (secondary N) is 1. The quantitative estimate of drug-likeness (QED) is 0.853. The van der Waals surface area contributed by atoms with Gasteiger partial charge in [0.2, 0.25) is 10.0 Å². The zero-order valence-corrected chi connectivity index (χ0v) is 16.3. The minimum absolute atomic E-state index is 0.110. The molecule has 0 radical (unpaired) electrons. The Balaban J connectivity index is 1.79. The normalized spacial score (nSPS) is 15.3. The molecule has 27 heavy (non-hydrogen) atoms. The summed E-state index contributed by atoms with van der Waals surface area (Å²) in [6.07, 6.45) is 2.55. The maximum atomic E-state index is 12.4. The molecule has 6 nitrogen and oxygen atoms in total. The van der Waals surface area contributed by atoms with Gasteiger partial charge in [-0.3, -0.25) is 9.10 Å². The second kappa shape index (κ2) is 8.10. The minimum Gasteiger partial charge on any atom is -0.381 e. The van der Waals surface area contributed by atoms with Gasteiger partial charge in [0, 0.05) is 30.5 Å². The molecule has 2 aromatic rings. The van der Waals surface area contributed by atoms with E-state index in [2.05, 4.69) is 5.32 Å². The molecule has 1 aliphatic rings. The van der Waals surface area contributed by atoms with Crippen molar-refractivity contribution in [1.29, 1.82) is 0 Å². The molecule has 0 atom stereocenters. The van der Waals surface area contributed by atoms with Gasteiger partial charge in [0.15, 0.2) is 0 Å². The summed E-state index contributed by atoms with van der Waals surface area (Å²) in [5.74, 6) is -0.190. The summed E-state index contributed by atoms with van der Waals surface area (Å²) in [6, 6.07) is 14.2. The summed E-state index contributed by atoms with van der Waals surface area (Å²) in [5.41, 5.74) is 2.72. The molecule has 0 unspecified atom stereocenters. The number of rotatable bonds is 5. The van der Waals surface area contributed by atoms with Crippen molar-refractivity contribution in [3.05, 3.63) is 59.7 Å². The van der Waals surface area contributed by atoms with Crippen LogP contribution in [0, 0.1) is 6.92 Å². The van der Waals surface area contributed by atoms with Crippen molar-refractivity contribution < 1.29 is 17.9 Å². The minimum atomic E-state index is -3.41. The number of anilines is 2. The van der Waals surface area contributed by atoms with E-state index in [0.717, 1.165) is 5.56 Å². The number of sulfonamides is 1. The monoisotopic (exact) mass is 388 g/mol. The van der Waals surface area contributed by atoms with Crippen molar-refractivity contribution in [3.63, 3.8) is 0 Å². The first-order chi connectivity index (χ1) is 12.9. The molecule has 1 N–H and O–H groups in total. The Kier molecular flexibility index (Phi) is 5.82. The van der Waals surface area contributed by atoms with Crippen molar-refractivity contribution in [2.24, 2.45) is 0 Å². The van der Waals surface area contributed by atoms with Crippen molar-refractivity contribution in [3.8, 4) is 0 Å². The molecule has 0 spiro atoms. The smallest absolute Gasteiger partial charge is 0.255 e. The highest BCUT2D eigenvalue weighted by Crippen LogP contribution is 2.27. The Labute approximate surface area is 160 Å². The maximum Gasteiger partial charge on any atom is 0.255 e. The van der Waals surface area contributed by atoms with Crippen LogP contribution in [0.4, 0.5) is 11.4 Å². The number of hydrogen-bond donors (Lipinski definition) is 1. The largest absolute Gasteiger partial charge is 0.381 e. The third-order valence-corrected chi connectivity index (χ3v) is 5.87. The van der Waals surface area contributed by atoms with Crippen molar-refractivity contribution in [2.45, 2.75) is 25.8 Å². The highest BCUT2D eigenvalue weighted by atomic mass is 32.2. The van der Waals surface area contributed by atoms with E-state index in [1.54, 1.807) is 30.3 Å². The Hall–Kier alpha value is -2.38. The van der Waals surface area contributed by atoms with Crippen LogP contribution in [0.2, 0.25) is 0 Å².